The van der Waals surface area contributed by atoms with Crippen LogP contribution < -0.4 is 0 Å². The van der Waals surface area contributed by atoms with E-state index in [-0.39, 0.29) is 35.2 Å². The van der Waals surface area contributed by atoms with Gasteiger partial charge in [-0.25, -0.2) is 16.8 Å². The Morgan fingerprint density at radius 3 is 2.28 bits per heavy atom. The van der Waals surface area contributed by atoms with E-state index in [0.717, 1.165) is 0 Å². The van der Waals surface area contributed by atoms with Crippen molar-refractivity contribution < 1.29 is 16.8 Å². The molecular weight excluding hydrogens is 382 g/mol. The second kappa shape index (κ2) is 7.07. The number of halogens is 1. The number of sulfone groups is 1. The maximum absolute atomic E-state index is 12.9. The van der Waals surface area contributed by atoms with Crippen molar-refractivity contribution in [1.82, 2.24) is 4.31 Å². The fourth-order valence-electron chi connectivity index (χ4n) is 3.00. The zero-order valence-corrected chi connectivity index (χ0v) is 15.8. The number of rotatable bonds is 3. The molecule has 8 heteroatoms. The number of hydrogen-bond acceptors (Lipinski definition) is 4. The van der Waals surface area contributed by atoms with Crippen molar-refractivity contribution in [2.24, 2.45) is 0 Å². The van der Waals surface area contributed by atoms with Gasteiger partial charge in [-0.3, -0.25) is 0 Å². The van der Waals surface area contributed by atoms with Gasteiger partial charge >= 0.3 is 0 Å². The van der Waals surface area contributed by atoms with Gasteiger partial charge in [-0.1, -0.05) is 54.1 Å². The Kier molecular flexibility index (Phi) is 5.20. The summed E-state index contributed by atoms with van der Waals surface area (Å²) in [6.45, 7) is 0.0611. The molecule has 0 radical (unpaired) electrons. The summed E-state index contributed by atoms with van der Waals surface area (Å²) < 4.78 is 52.2. The van der Waals surface area contributed by atoms with E-state index in [4.69, 9.17) is 11.6 Å². The summed E-state index contributed by atoms with van der Waals surface area (Å²) in [7, 11) is -7.27. The predicted molar refractivity (Wildman–Crippen MR) is 97.8 cm³/mol. The van der Waals surface area contributed by atoms with E-state index in [1.807, 2.05) is 6.07 Å². The highest BCUT2D eigenvalue weighted by Crippen LogP contribution is 2.32. The normalized spacial score (nSPS) is 21.6. The molecule has 0 N–H and O–H groups in total. The Hall–Kier alpha value is -1.41. The number of benzene rings is 2. The van der Waals surface area contributed by atoms with Crippen LogP contribution in [0.15, 0.2) is 59.5 Å². The molecule has 2 aromatic rings. The topological polar surface area (TPSA) is 71.5 Å². The van der Waals surface area contributed by atoms with Crippen LogP contribution in [0.2, 0.25) is 5.02 Å². The highest BCUT2D eigenvalue weighted by molar-refractivity contribution is 7.92. The van der Waals surface area contributed by atoms with Gasteiger partial charge in [-0.15, -0.1) is 0 Å². The Morgan fingerprint density at radius 2 is 1.60 bits per heavy atom. The minimum atomic E-state index is -3.83. The van der Waals surface area contributed by atoms with Gasteiger partial charge in [0.1, 0.15) is 4.90 Å². The standard InChI is InChI=1S/C17H18ClNO4S2/c18-15-8-4-5-9-17(15)25(22,23)19-11-10-16(24(20,21)13-12-19)14-6-2-1-3-7-14/h1-9,16H,10-13H2. The quantitative estimate of drug-likeness (QED) is 0.795. The average Bonchev–Trinajstić information content (AvgIpc) is 2.74. The molecule has 2 aromatic carbocycles. The SMILES string of the molecule is O=S1(=O)CCN(S(=O)(=O)c2ccccc2Cl)CCC1c1ccccc1. The molecule has 1 fully saturated rings. The van der Waals surface area contributed by atoms with Crippen LogP contribution in [0.4, 0.5) is 0 Å². The lowest BCUT2D eigenvalue weighted by Crippen LogP contribution is -2.33. The van der Waals surface area contributed by atoms with E-state index < -0.39 is 25.1 Å². The highest BCUT2D eigenvalue weighted by atomic mass is 35.5. The summed E-state index contributed by atoms with van der Waals surface area (Å²) in [5, 5.41) is -0.561. The van der Waals surface area contributed by atoms with Crippen LogP contribution >= 0.6 is 11.6 Å². The van der Waals surface area contributed by atoms with Crippen LogP contribution in [-0.4, -0.2) is 40.0 Å². The predicted octanol–water partition coefficient (Wildman–Crippen LogP) is 2.89. The molecule has 0 bridgehead atoms. The summed E-state index contributed by atoms with van der Waals surface area (Å²) in [5.74, 6) is -0.212. The van der Waals surface area contributed by atoms with E-state index in [9.17, 15) is 16.8 Å². The molecule has 1 unspecified atom stereocenters. The van der Waals surface area contributed by atoms with E-state index in [0.29, 0.717) is 5.56 Å². The van der Waals surface area contributed by atoms with Gasteiger partial charge in [0, 0.05) is 13.1 Å². The van der Waals surface area contributed by atoms with Crippen LogP contribution in [-0.2, 0) is 19.9 Å². The molecule has 1 atom stereocenters. The summed E-state index contributed by atoms with van der Waals surface area (Å²) in [6.07, 6.45) is 0.218. The van der Waals surface area contributed by atoms with Gasteiger partial charge in [-0.2, -0.15) is 4.31 Å². The molecule has 1 aliphatic rings. The Morgan fingerprint density at radius 1 is 0.960 bits per heavy atom. The molecule has 1 aliphatic heterocycles. The summed E-state index contributed by atoms with van der Waals surface area (Å²) >= 11 is 6.03. The molecule has 0 aromatic heterocycles. The van der Waals surface area contributed by atoms with Crippen LogP contribution in [0.25, 0.3) is 0 Å². The number of sulfonamides is 1. The third-order valence-corrected chi connectivity index (χ3v) is 8.85. The Bertz CT molecular complexity index is 959. The Balaban J connectivity index is 1.92. The van der Waals surface area contributed by atoms with Gasteiger partial charge in [0.05, 0.1) is 16.0 Å². The molecule has 1 saturated heterocycles. The van der Waals surface area contributed by atoms with Gasteiger partial charge in [0.15, 0.2) is 9.84 Å². The van der Waals surface area contributed by atoms with Crippen LogP contribution in [0.5, 0.6) is 0 Å². The molecular formula is C17H18ClNO4S2. The fraction of sp³-hybridized carbons (Fsp3) is 0.294. The van der Waals surface area contributed by atoms with Gasteiger partial charge < -0.3 is 0 Å². The largest absolute Gasteiger partial charge is 0.244 e. The van der Waals surface area contributed by atoms with Crippen molar-refractivity contribution in [1.29, 1.82) is 0 Å². The van der Waals surface area contributed by atoms with Crippen LogP contribution in [0.3, 0.4) is 0 Å². The molecule has 25 heavy (non-hydrogen) atoms. The third kappa shape index (κ3) is 3.74. The van der Waals surface area contributed by atoms with Crippen molar-refractivity contribution in [3.05, 3.63) is 65.2 Å². The van der Waals surface area contributed by atoms with Crippen LogP contribution in [0, 0.1) is 0 Å². The zero-order valence-electron chi connectivity index (χ0n) is 13.4. The summed E-state index contributed by atoms with van der Waals surface area (Å²) in [6, 6.07) is 15.1. The maximum atomic E-state index is 12.9. The second-order valence-corrected chi connectivity index (χ2v) is 10.5. The second-order valence-electron chi connectivity index (χ2n) is 5.89. The molecule has 0 spiro atoms. The maximum Gasteiger partial charge on any atom is 0.244 e. The van der Waals surface area contributed by atoms with Crippen molar-refractivity contribution >= 4 is 31.5 Å². The van der Waals surface area contributed by atoms with Crippen molar-refractivity contribution in [2.75, 3.05) is 18.8 Å². The number of hydrogen-bond donors (Lipinski definition) is 0. The first-order chi connectivity index (χ1) is 11.8. The highest BCUT2D eigenvalue weighted by Gasteiger charge is 2.36. The van der Waals surface area contributed by atoms with Crippen molar-refractivity contribution in [2.45, 2.75) is 16.6 Å². The first kappa shape index (κ1) is 18.4. The molecule has 1 heterocycles. The lowest BCUT2D eigenvalue weighted by atomic mass is 10.1. The fourth-order valence-corrected chi connectivity index (χ4v) is 6.86. The first-order valence-corrected chi connectivity index (χ1v) is 11.4. The smallest absolute Gasteiger partial charge is 0.228 e. The van der Waals surface area contributed by atoms with Gasteiger partial charge in [0.25, 0.3) is 0 Å². The molecule has 134 valence electrons. The lowest BCUT2D eigenvalue weighted by molar-refractivity contribution is 0.428. The van der Waals surface area contributed by atoms with E-state index in [1.165, 1.54) is 16.4 Å². The summed E-state index contributed by atoms with van der Waals surface area (Å²) in [5.41, 5.74) is 0.694. The molecule has 3 rings (SSSR count). The van der Waals surface area contributed by atoms with Crippen molar-refractivity contribution in [3.8, 4) is 0 Å². The van der Waals surface area contributed by atoms with E-state index in [2.05, 4.69) is 0 Å². The van der Waals surface area contributed by atoms with E-state index >= 15 is 0 Å². The minimum absolute atomic E-state index is 0.00669. The third-order valence-electron chi connectivity index (χ3n) is 4.33. The number of nitrogens with zero attached hydrogens (tertiary/aromatic N) is 1. The Labute approximate surface area is 153 Å². The first-order valence-electron chi connectivity index (χ1n) is 7.83. The van der Waals surface area contributed by atoms with E-state index in [1.54, 1.807) is 36.4 Å². The molecule has 0 saturated carbocycles. The lowest BCUT2D eigenvalue weighted by Gasteiger charge is -2.20. The average molecular weight is 400 g/mol. The van der Waals surface area contributed by atoms with Crippen LogP contribution in [0.1, 0.15) is 17.2 Å². The van der Waals surface area contributed by atoms with Crippen molar-refractivity contribution in [3.63, 3.8) is 0 Å². The molecule has 0 amide bonds. The minimum Gasteiger partial charge on any atom is -0.228 e. The monoisotopic (exact) mass is 399 g/mol. The summed E-state index contributed by atoms with van der Waals surface area (Å²) in [4.78, 5) is 0.00669. The van der Waals surface area contributed by atoms with Gasteiger partial charge in [-0.05, 0) is 24.1 Å². The molecule has 0 aliphatic carbocycles. The zero-order chi connectivity index (χ0) is 18.1. The van der Waals surface area contributed by atoms with Gasteiger partial charge in [0.2, 0.25) is 10.0 Å². The molecule has 5 nitrogen and oxygen atoms in total.